The zero-order chi connectivity index (χ0) is 19.7. The Morgan fingerprint density at radius 3 is 3.04 bits per heavy atom. The van der Waals surface area contributed by atoms with E-state index in [1.54, 1.807) is 7.11 Å². The normalized spacial score (nSPS) is 19.1. The molecule has 3 heterocycles. The third kappa shape index (κ3) is 3.16. The SMILES string of the molecule is CCOC(=O)C1CC(n2cc(-c3cccc(OC)c3)c3c(N)ncnc32)CN1. The number of hydrogen-bond acceptors (Lipinski definition) is 7. The second kappa shape index (κ2) is 7.47. The van der Waals surface area contributed by atoms with Crippen LogP contribution in [0.25, 0.3) is 22.2 Å². The number of nitrogen functional groups attached to an aromatic ring is 1. The number of nitrogens with one attached hydrogen (secondary N) is 1. The van der Waals surface area contributed by atoms with Crippen LogP contribution in [0, 0.1) is 0 Å². The van der Waals surface area contributed by atoms with Crippen molar-refractivity contribution in [2.45, 2.75) is 25.4 Å². The van der Waals surface area contributed by atoms with Crippen LogP contribution in [0.5, 0.6) is 5.75 Å². The van der Waals surface area contributed by atoms with E-state index >= 15 is 0 Å². The zero-order valence-corrected chi connectivity index (χ0v) is 15.9. The summed E-state index contributed by atoms with van der Waals surface area (Å²) in [5.74, 6) is 0.969. The van der Waals surface area contributed by atoms with Crippen molar-refractivity contribution in [3.05, 3.63) is 36.8 Å². The molecule has 146 valence electrons. The predicted octanol–water partition coefficient (Wildman–Crippen LogP) is 2.16. The van der Waals surface area contributed by atoms with Crippen molar-refractivity contribution in [3.8, 4) is 16.9 Å². The lowest BCUT2D eigenvalue weighted by Crippen LogP contribution is -2.32. The first-order chi connectivity index (χ1) is 13.6. The number of carbonyl (C=O) groups is 1. The minimum atomic E-state index is -0.318. The quantitative estimate of drug-likeness (QED) is 0.653. The summed E-state index contributed by atoms with van der Waals surface area (Å²) in [6.07, 6.45) is 4.13. The molecule has 2 atom stereocenters. The first-order valence-corrected chi connectivity index (χ1v) is 9.27. The Balaban J connectivity index is 1.76. The summed E-state index contributed by atoms with van der Waals surface area (Å²) < 4.78 is 12.6. The Hall–Kier alpha value is -3.13. The molecule has 3 aromatic rings. The smallest absolute Gasteiger partial charge is 0.323 e. The van der Waals surface area contributed by atoms with E-state index in [0.29, 0.717) is 25.4 Å². The highest BCUT2D eigenvalue weighted by atomic mass is 16.5. The van der Waals surface area contributed by atoms with Crippen molar-refractivity contribution in [3.63, 3.8) is 0 Å². The predicted molar refractivity (Wildman–Crippen MR) is 106 cm³/mol. The number of aromatic nitrogens is 3. The third-order valence-electron chi connectivity index (χ3n) is 5.09. The number of fused-ring (bicyclic) bond motifs is 1. The molecular weight excluding hydrogens is 358 g/mol. The molecule has 2 aromatic heterocycles. The number of esters is 1. The summed E-state index contributed by atoms with van der Waals surface area (Å²) in [6.45, 7) is 2.83. The van der Waals surface area contributed by atoms with Gasteiger partial charge in [0, 0.05) is 24.3 Å². The number of ether oxygens (including phenoxy) is 2. The van der Waals surface area contributed by atoms with Crippen LogP contribution < -0.4 is 15.8 Å². The number of hydrogen-bond donors (Lipinski definition) is 2. The average Bonchev–Trinajstić information content (AvgIpc) is 3.34. The fourth-order valence-electron chi connectivity index (χ4n) is 3.75. The first kappa shape index (κ1) is 18.2. The van der Waals surface area contributed by atoms with Gasteiger partial charge in [-0.3, -0.25) is 4.79 Å². The van der Waals surface area contributed by atoms with Gasteiger partial charge < -0.3 is 25.1 Å². The topological polar surface area (TPSA) is 104 Å². The van der Waals surface area contributed by atoms with Gasteiger partial charge in [0.2, 0.25) is 0 Å². The van der Waals surface area contributed by atoms with Gasteiger partial charge in [0.15, 0.2) is 0 Å². The van der Waals surface area contributed by atoms with Gasteiger partial charge in [-0.25, -0.2) is 9.97 Å². The van der Waals surface area contributed by atoms with Crippen LogP contribution in [0.3, 0.4) is 0 Å². The highest BCUT2D eigenvalue weighted by molar-refractivity contribution is 6.00. The first-order valence-electron chi connectivity index (χ1n) is 9.27. The average molecular weight is 381 g/mol. The van der Waals surface area contributed by atoms with Gasteiger partial charge in [0.1, 0.15) is 29.6 Å². The van der Waals surface area contributed by atoms with Crippen LogP contribution in [0.15, 0.2) is 36.8 Å². The highest BCUT2D eigenvalue weighted by Gasteiger charge is 2.33. The molecule has 0 bridgehead atoms. The molecule has 1 fully saturated rings. The highest BCUT2D eigenvalue weighted by Crippen LogP contribution is 2.37. The third-order valence-corrected chi connectivity index (χ3v) is 5.09. The maximum Gasteiger partial charge on any atom is 0.323 e. The molecule has 1 aliphatic heterocycles. The van der Waals surface area contributed by atoms with Crippen LogP contribution in [0.4, 0.5) is 5.82 Å². The second-order valence-corrected chi connectivity index (χ2v) is 6.74. The maximum atomic E-state index is 12.1. The molecule has 0 amide bonds. The van der Waals surface area contributed by atoms with Crippen molar-refractivity contribution in [1.29, 1.82) is 0 Å². The lowest BCUT2D eigenvalue weighted by Gasteiger charge is -2.12. The number of anilines is 1. The number of benzene rings is 1. The minimum Gasteiger partial charge on any atom is -0.497 e. The summed E-state index contributed by atoms with van der Waals surface area (Å²) in [4.78, 5) is 20.7. The van der Waals surface area contributed by atoms with E-state index < -0.39 is 0 Å². The van der Waals surface area contributed by atoms with Crippen molar-refractivity contribution in [2.75, 3.05) is 26.0 Å². The molecular formula is C20H23N5O3. The van der Waals surface area contributed by atoms with Gasteiger partial charge in [-0.1, -0.05) is 12.1 Å². The van der Waals surface area contributed by atoms with Crippen LogP contribution in [-0.2, 0) is 9.53 Å². The van der Waals surface area contributed by atoms with E-state index in [9.17, 15) is 4.79 Å². The van der Waals surface area contributed by atoms with Crippen LogP contribution in [0.2, 0.25) is 0 Å². The van der Waals surface area contributed by atoms with E-state index in [2.05, 4.69) is 19.9 Å². The number of methoxy groups -OCH3 is 1. The Morgan fingerprint density at radius 2 is 2.25 bits per heavy atom. The molecule has 1 saturated heterocycles. The van der Waals surface area contributed by atoms with Gasteiger partial charge in [0.25, 0.3) is 0 Å². The molecule has 28 heavy (non-hydrogen) atoms. The van der Waals surface area contributed by atoms with Gasteiger partial charge in [0.05, 0.1) is 19.1 Å². The fraction of sp³-hybridized carbons (Fsp3) is 0.350. The number of nitrogens with two attached hydrogens (primary N) is 1. The molecule has 1 aromatic carbocycles. The Bertz CT molecular complexity index is 1020. The fourth-order valence-corrected chi connectivity index (χ4v) is 3.75. The van der Waals surface area contributed by atoms with Gasteiger partial charge in [-0.05, 0) is 31.0 Å². The molecule has 0 spiro atoms. The Kier molecular flexibility index (Phi) is 4.87. The summed E-state index contributed by atoms with van der Waals surface area (Å²) >= 11 is 0. The lowest BCUT2D eigenvalue weighted by molar-refractivity contribution is -0.145. The van der Waals surface area contributed by atoms with Crippen LogP contribution in [0.1, 0.15) is 19.4 Å². The minimum absolute atomic E-state index is 0.0607. The molecule has 8 heteroatoms. The van der Waals surface area contributed by atoms with Crippen molar-refractivity contribution < 1.29 is 14.3 Å². The van der Waals surface area contributed by atoms with Crippen molar-refractivity contribution >= 4 is 22.8 Å². The van der Waals surface area contributed by atoms with Crippen LogP contribution in [-0.4, -0.2) is 46.8 Å². The molecule has 2 unspecified atom stereocenters. The standard InChI is InChI=1S/C20H23N5O3/c1-3-28-20(26)16-8-13(9-22-16)25-10-15(12-5-4-6-14(7-12)27-2)17-18(21)23-11-24-19(17)25/h4-7,10-11,13,16,22H,3,8-9H2,1-2H3,(H2,21,23,24). The summed E-state index contributed by atoms with van der Waals surface area (Å²) in [7, 11) is 1.64. The van der Waals surface area contributed by atoms with E-state index in [0.717, 1.165) is 27.9 Å². The lowest BCUT2D eigenvalue weighted by atomic mass is 10.1. The monoisotopic (exact) mass is 381 g/mol. The zero-order valence-electron chi connectivity index (χ0n) is 15.9. The molecule has 1 aliphatic rings. The summed E-state index contributed by atoms with van der Waals surface area (Å²) in [5, 5.41) is 4.05. The maximum absolute atomic E-state index is 12.1. The molecule has 0 saturated carbocycles. The van der Waals surface area contributed by atoms with Crippen molar-refractivity contribution in [2.24, 2.45) is 0 Å². The van der Waals surface area contributed by atoms with E-state index in [4.69, 9.17) is 15.2 Å². The largest absolute Gasteiger partial charge is 0.497 e. The van der Waals surface area contributed by atoms with Crippen molar-refractivity contribution in [1.82, 2.24) is 19.9 Å². The van der Waals surface area contributed by atoms with Gasteiger partial charge in [-0.15, -0.1) is 0 Å². The van der Waals surface area contributed by atoms with E-state index in [1.165, 1.54) is 6.33 Å². The molecule has 3 N–H and O–H groups in total. The number of carbonyl (C=O) groups excluding carboxylic acids is 1. The Labute approximate surface area is 162 Å². The number of nitrogens with zero attached hydrogens (tertiary/aromatic N) is 3. The van der Waals surface area contributed by atoms with E-state index in [1.807, 2.05) is 37.4 Å². The molecule has 0 radical (unpaired) electrons. The van der Waals surface area contributed by atoms with Crippen LogP contribution >= 0.6 is 0 Å². The second-order valence-electron chi connectivity index (χ2n) is 6.74. The number of rotatable bonds is 5. The summed E-state index contributed by atoms with van der Waals surface area (Å²) in [5.41, 5.74) is 8.86. The Morgan fingerprint density at radius 1 is 1.39 bits per heavy atom. The van der Waals surface area contributed by atoms with E-state index in [-0.39, 0.29) is 18.1 Å². The molecule has 0 aliphatic carbocycles. The molecule has 4 rings (SSSR count). The van der Waals surface area contributed by atoms with Gasteiger partial charge >= 0.3 is 5.97 Å². The molecule has 8 nitrogen and oxygen atoms in total. The summed E-state index contributed by atoms with van der Waals surface area (Å²) in [6, 6.07) is 7.54. The van der Waals surface area contributed by atoms with Gasteiger partial charge in [-0.2, -0.15) is 0 Å².